The average molecular weight is 212 g/mol. The highest BCUT2D eigenvalue weighted by molar-refractivity contribution is 5.86. The Hall–Kier alpha value is -1.47. The Kier molecular flexibility index (Phi) is 2.54. The first-order valence-electron chi connectivity index (χ1n) is 3.65. The number of alkyl halides is 3. The van der Waals surface area contributed by atoms with E-state index in [9.17, 15) is 22.8 Å². The number of carboxylic acid groups (broad SMARTS) is 1. The molecule has 14 heavy (non-hydrogen) atoms. The van der Waals surface area contributed by atoms with Gasteiger partial charge in [0.25, 0.3) is 0 Å². The van der Waals surface area contributed by atoms with E-state index >= 15 is 0 Å². The molecule has 80 valence electrons. The summed E-state index contributed by atoms with van der Waals surface area (Å²) in [6.45, 7) is -1.85. The zero-order valence-corrected chi connectivity index (χ0v) is 6.84. The highest BCUT2D eigenvalue weighted by Gasteiger charge is 2.42. The molecule has 1 fully saturated rings. The van der Waals surface area contributed by atoms with Crippen LogP contribution in [0.1, 0.15) is 0 Å². The van der Waals surface area contributed by atoms with Crippen LogP contribution in [0.2, 0.25) is 0 Å². The van der Waals surface area contributed by atoms with E-state index in [1.165, 1.54) is 0 Å². The zero-order valence-electron chi connectivity index (χ0n) is 6.84. The van der Waals surface area contributed by atoms with Gasteiger partial charge in [0.1, 0.15) is 12.6 Å². The number of urea groups is 1. The number of nitrogens with zero attached hydrogens (tertiary/aromatic N) is 1. The third-order valence-electron chi connectivity index (χ3n) is 1.72. The van der Waals surface area contributed by atoms with Crippen molar-refractivity contribution in [3.8, 4) is 0 Å². The zero-order chi connectivity index (χ0) is 10.9. The van der Waals surface area contributed by atoms with Crippen LogP contribution in [0.3, 0.4) is 0 Å². The minimum absolute atomic E-state index is 0.252. The number of halogens is 3. The van der Waals surface area contributed by atoms with E-state index in [2.05, 4.69) is 0 Å². The fourth-order valence-electron chi connectivity index (χ4n) is 1.13. The number of rotatable bonds is 2. The minimum Gasteiger partial charge on any atom is -0.480 e. The molecule has 1 saturated heterocycles. The first-order valence-corrected chi connectivity index (χ1v) is 3.65. The lowest BCUT2D eigenvalue weighted by Gasteiger charge is -2.20. The highest BCUT2D eigenvalue weighted by atomic mass is 19.4. The predicted molar refractivity (Wildman–Crippen MR) is 37.6 cm³/mol. The SMILES string of the molecule is O=C(O)C1CNC(=O)N1CC(F)(F)F. The maximum Gasteiger partial charge on any atom is 0.406 e. The molecule has 2 amide bonds. The van der Waals surface area contributed by atoms with Crippen LogP contribution in [-0.2, 0) is 4.79 Å². The molecule has 0 bridgehead atoms. The molecule has 1 heterocycles. The van der Waals surface area contributed by atoms with Crippen molar-refractivity contribution < 1.29 is 27.9 Å². The summed E-state index contributed by atoms with van der Waals surface area (Å²) < 4.78 is 35.7. The molecule has 0 aromatic heterocycles. The minimum atomic E-state index is -4.59. The third-order valence-corrected chi connectivity index (χ3v) is 1.72. The molecule has 1 aliphatic rings. The molecule has 1 unspecified atom stereocenters. The van der Waals surface area contributed by atoms with E-state index in [4.69, 9.17) is 5.11 Å². The summed E-state index contributed by atoms with van der Waals surface area (Å²) in [7, 11) is 0. The van der Waals surface area contributed by atoms with Crippen molar-refractivity contribution in [2.24, 2.45) is 0 Å². The molecule has 0 aromatic rings. The highest BCUT2D eigenvalue weighted by Crippen LogP contribution is 2.20. The molecule has 5 nitrogen and oxygen atoms in total. The lowest BCUT2D eigenvalue weighted by atomic mass is 10.3. The van der Waals surface area contributed by atoms with Crippen LogP contribution in [0.5, 0.6) is 0 Å². The summed E-state index contributed by atoms with van der Waals surface area (Å²) in [5.41, 5.74) is 0. The Morgan fingerprint density at radius 2 is 2.21 bits per heavy atom. The number of aliphatic carboxylic acids is 1. The average Bonchev–Trinajstić information content (AvgIpc) is 2.29. The number of hydrogen-bond acceptors (Lipinski definition) is 2. The van der Waals surface area contributed by atoms with Crippen molar-refractivity contribution in [3.05, 3.63) is 0 Å². The van der Waals surface area contributed by atoms with Gasteiger partial charge in [-0.3, -0.25) is 0 Å². The lowest BCUT2D eigenvalue weighted by Crippen LogP contribution is -2.44. The number of hydrogen-bond donors (Lipinski definition) is 2. The smallest absolute Gasteiger partial charge is 0.406 e. The molecule has 0 saturated carbocycles. The molecule has 1 rings (SSSR count). The Balaban J connectivity index is 2.72. The molecule has 0 aromatic carbocycles. The van der Waals surface area contributed by atoms with Crippen LogP contribution in [0, 0.1) is 0 Å². The molecule has 0 aliphatic carbocycles. The van der Waals surface area contributed by atoms with Crippen molar-refractivity contribution in [2.75, 3.05) is 13.1 Å². The Morgan fingerprint density at radius 1 is 1.64 bits per heavy atom. The van der Waals surface area contributed by atoms with Crippen LogP contribution in [0.4, 0.5) is 18.0 Å². The molecule has 1 aliphatic heterocycles. The Labute approximate surface area is 76.5 Å². The van der Waals surface area contributed by atoms with E-state index in [0.717, 1.165) is 0 Å². The maximum atomic E-state index is 11.9. The molecule has 1 atom stereocenters. The van der Waals surface area contributed by atoms with Crippen molar-refractivity contribution >= 4 is 12.0 Å². The van der Waals surface area contributed by atoms with Gasteiger partial charge < -0.3 is 15.3 Å². The van der Waals surface area contributed by atoms with Gasteiger partial charge in [0.2, 0.25) is 0 Å². The van der Waals surface area contributed by atoms with Gasteiger partial charge in [-0.2, -0.15) is 13.2 Å². The standard InChI is InChI=1S/C6H7F3N2O3/c7-6(8,9)2-11-3(4(12)13)1-10-5(11)14/h3H,1-2H2,(H,10,14)(H,12,13). The number of amides is 2. The van der Waals surface area contributed by atoms with Gasteiger partial charge in [-0.1, -0.05) is 0 Å². The maximum absolute atomic E-state index is 11.9. The summed E-state index contributed by atoms with van der Waals surface area (Å²) in [6.07, 6.45) is -4.59. The third kappa shape index (κ3) is 2.27. The molecule has 0 spiro atoms. The van der Waals surface area contributed by atoms with E-state index in [-0.39, 0.29) is 11.4 Å². The van der Waals surface area contributed by atoms with E-state index in [1.54, 1.807) is 0 Å². The fourth-order valence-corrected chi connectivity index (χ4v) is 1.13. The number of nitrogens with one attached hydrogen (secondary N) is 1. The summed E-state index contributed by atoms with van der Waals surface area (Å²) >= 11 is 0. The normalized spacial score (nSPS) is 22.4. The molecular weight excluding hydrogens is 205 g/mol. The van der Waals surface area contributed by atoms with Crippen molar-refractivity contribution in [2.45, 2.75) is 12.2 Å². The van der Waals surface area contributed by atoms with E-state index in [0.29, 0.717) is 0 Å². The predicted octanol–water partition coefficient (Wildman–Crippen LogP) is 0.0271. The van der Waals surface area contributed by atoms with Crippen LogP contribution in [0.25, 0.3) is 0 Å². The van der Waals surface area contributed by atoms with Gasteiger partial charge in [-0.05, 0) is 0 Å². The van der Waals surface area contributed by atoms with Crippen LogP contribution in [0.15, 0.2) is 0 Å². The number of carbonyl (C=O) groups is 2. The van der Waals surface area contributed by atoms with Crippen LogP contribution < -0.4 is 5.32 Å². The van der Waals surface area contributed by atoms with E-state index < -0.39 is 30.8 Å². The molecule has 8 heteroatoms. The largest absolute Gasteiger partial charge is 0.480 e. The number of carboxylic acids is 1. The summed E-state index contributed by atoms with van der Waals surface area (Å²) in [5, 5.41) is 10.5. The van der Waals surface area contributed by atoms with Crippen molar-refractivity contribution in [1.29, 1.82) is 0 Å². The van der Waals surface area contributed by atoms with Crippen LogP contribution >= 0.6 is 0 Å². The first-order chi connectivity index (χ1) is 6.31. The van der Waals surface area contributed by atoms with Gasteiger partial charge in [-0.25, -0.2) is 9.59 Å². The first kappa shape index (κ1) is 10.6. The van der Waals surface area contributed by atoms with Crippen LogP contribution in [-0.4, -0.2) is 47.3 Å². The second-order valence-corrected chi connectivity index (χ2v) is 2.78. The topological polar surface area (TPSA) is 69.6 Å². The summed E-state index contributed by atoms with van der Waals surface area (Å²) in [5.74, 6) is -1.45. The van der Waals surface area contributed by atoms with Gasteiger partial charge in [0.05, 0.1) is 6.54 Å². The van der Waals surface area contributed by atoms with Crippen molar-refractivity contribution in [3.63, 3.8) is 0 Å². The fraction of sp³-hybridized carbons (Fsp3) is 0.667. The Morgan fingerprint density at radius 3 is 2.64 bits per heavy atom. The van der Waals surface area contributed by atoms with Gasteiger partial charge in [0.15, 0.2) is 0 Å². The summed E-state index contributed by atoms with van der Waals surface area (Å²) in [4.78, 5) is 21.5. The molecule has 2 N–H and O–H groups in total. The van der Waals surface area contributed by atoms with Gasteiger partial charge in [0, 0.05) is 0 Å². The quantitative estimate of drug-likeness (QED) is 0.678. The molecular formula is C6H7F3N2O3. The van der Waals surface area contributed by atoms with E-state index in [1.807, 2.05) is 5.32 Å². The monoisotopic (exact) mass is 212 g/mol. The molecule has 0 radical (unpaired) electrons. The second kappa shape index (κ2) is 3.35. The van der Waals surface area contributed by atoms with Gasteiger partial charge in [-0.15, -0.1) is 0 Å². The lowest BCUT2D eigenvalue weighted by molar-refractivity contribution is -0.153. The second-order valence-electron chi connectivity index (χ2n) is 2.78. The number of carbonyl (C=O) groups excluding carboxylic acids is 1. The van der Waals surface area contributed by atoms with Crippen molar-refractivity contribution in [1.82, 2.24) is 10.2 Å². The summed E-state index contributed by atoms with van der Waals surface area (Å²) in [6, 6.07) is -2.45. The Bertz CT molecular complexity index is 266. The van der Waals surface area contributed by atoms with Gasteiger partial charge >= 0.3 is 18.2 Å².